The topological polar surface area (TPSA) is 88.2 Å². The molecule has 2 radical (unpaired) electrons. The van der Waals surface area contributed by atoms with Crippen molar-refractivity contribution < 1.29 is 0 Å². The van der Waals surface area contributed by atoms with Crippen LogP contribution in [0.1, 0.15) is 18.1 Å². The Bertz CT molecular complexity index is 519. The summed E-state index contributed by atoms with van der Waals surface area (Å²) in [5.74, 6) is 0.334. The second kappa shape index (κ2) is 6.26. The number of nitrogens with two attached hydrogens (primary N) is 2. The number of benzene rings is 1. The van der Waals surface area contributed by atoms with Crippen LogP contribution in [0.4, 0.5) is 5.69 Å². The minimum atomic E-state index is 0.316. The number of aliphatic imine (C=N–C) groups is 1. The van der Waals surface area contributed by atoms with E-state index in [0.29, 0.717) is 34.1 Å². The molecule has 18 heavy (non-hydrogen) atoms. The van der Waals surface area contributed by atoms with E-state index in [9.17, 15) is 0 Å². The van der Waals surface area contributed by atoms with Crippen LogP contribution in [-0.2, 0) is 6.54 Å². The van der Waals surface area contributed by atoms with Crippen LogP contribution >= 0.6 is 11.6 Å². The van der Waals surface area contributed by atoms with Crippen molar-refractivity contribution in [3.63, 3.8) is 0 Å². The first-order valence-corrected chi connectivity index (χ1v) is 5.64. The molecule has 1 rings (SSSR count). The molecule has 6 heteroatoms. The molecular weight excluding hydrogens is 246 g/mol. The van der Waals surface area contributed by atoms with Crippen LogP contribution in [0.5, 0.6) is 0 Å². The molecular formula is C12H14BClN4. The molecule has 0 saturated carbocycles. The summed E-state index contributed by atoms with van der Waals surface area (Å²) in [5.41, 5.74) is 13.8. The molecule has 0 aliphatic heterocycles. The molecule has 0 saturated heterocycles. The number of rotatable bonds is 4. The molecule has 0 atom stereocenters. The minimum Gasteiger partial charge on any atom is -0.398 e. The predicted molar refractivity (Wildman–Crippen MR) is 78.6 cm³/mol. The molecule has 5 N–H and O–H groups in total. The molecule has 0 amide bonds. The molecule has 1 aromatic rings. The van der Waals surface area contributed by atoms with Crippen molar-refractivity contribution in [1.82, 2.24) is 0 Å². The van der Waals surface area contributed by atoms with Crippen LogP contribution in [0, 0.1) is 5.41 Å². The van der Waals surface area contributed by atoms with Crippen LogP contribution in [0.25, 0.3) is 0 Å². The number of halogens is 1. The highest BCUT2D eigenvalue weighted by molar-refractivity contribution is 6.31. The lowest BCUT2D eigenvalue weighted by Gasteiger charge is -2.06. The van der Waals surface area contributed by atoms with Gasteiger partial charge in [0.15, 0.2) is 0 Å². The Morgan fingerprint density at radius 2 is 2.22 bits per heavy atom. The van der Waals surface area contributed by atoms with Gasteiger partial charge in [0.2, 0.25) is 0 Å². The van der Waals surface area contributed by atoms with Gasteiger partial charge in [0.05, 0.1) is 6.54 Å². The predicted octanol–water partition coefficient (Wildman–Crippen LogP) is 1.85. The summed E-state index contributed by atoms with van der Waals surface area (Å²) < 4.78 is 0. The van der Waals surface area contributed by atoms with Gasteiger partial charge in [-0.15, -0.1) is 5.47 Å². The van der Waals surface area contributed by atoms with Gasteiger partial charge in [0.1, 0.15) is 13.7 Å². The van der Waals surface area contributed by atoms with Crippen molar-refractivity contribution in [1.29, 1.82) is 5.41 Å². The van der Waals surface area contributed by atoms with Crippen LogP contribution < -0.4 is 11.5 Å². The molecule has 0 spiro atoms. The normalized spacial score (nSPS) is 12.6. The highest BCUT2D eigenvalue weighted by Crippen LogP contribution is 2.23. The van der Waals surface area contributed by atoms with Gasteiger partial charge in [-0.25, -0.2) is 0 Å². The Balaban J connectivity index is 2.96. The van der Waals surface area contributed by atoms with E-state index in [4.69, 9.17) is 36.3 Å². The fraction of sp³-hybridized carbons (Fsp3) is 0.167. The van der Waals surface area contributed by atoms with Gasteiger partial charge in [-0.3, -0.25) is 4.99 Å². The highest BCUT2D eigenvalue weighted by Gasteiger charge is 2.04. The Kier molecular flexibility index (Phi) is 4.98. The lowest BCUT2D eigenvalue weighted by molar-refractivity contribution is 1.06. The average molecular weight is 261 g/mol. The van der Waals surface area contributed by atoms with Crippen molar-refractivity contribution in [2.24, 2.45) is 10.7 Å². The first kappa shape index (κ1) is 14.3. The fourth-order valence-corrected chi connectivity index (χ4v) is 1.59. The second-order valence-electron chi connectivity index (χ2n) is 3.85. The van der Waals surface area contributed by atoms with E-state index in [-0.39, 0.29) is 0 Å². The molecule has 0 aliphatic rings. The van der Waals surface area contributed by atoms with E-state index < -0.39 is 0 Å². The second-order valence-corrected chi connectivity index (χ2v) is 4.25. The third-order valence-electron chi connectivity index (χ3n) is 2.22. The SMILES string of the molecule is [B]/C(C)=C\C(N)=NCc1cc(N)c(C=N)cc1Cl. The maximum absolute atomic E-state index is 7.17. The highest BCUT2D eigenvalue weighted by atomic mass is 35.5. The Morgan fingerprint density at radius 3 is 2.78 bits per heavy atom. The Labute approximate surface area is 113 Å². The standard InChI is InChI=1S/C12H14BClN4/c1-7(13)2-12(17)18-6-9-4-11(16)8(5-15)3-10(9)14/h2-5,15H,6,16H2,1H3,(H2,17,18)/b7-2-,15-5?. The third kappa shape index (κ3) is 3.93. The molecule has 0 heterocycles. The number of nitrogens with zero attached hydrogens (tertiary/aromatic N) is 1. The van der Waals surface area contributed by atoms with E-state index in [1.54, 1.807) is 25.1 Å². The van der Waals surface area contributed by atoms with E-state index in [0.717, 1.165) is 11.8 Å². The number of allylic oxidation sites excluding steroid dienone is 1. The molecule has 0 bridgehead atoms. The lowest BCUT2D eigenvalue weighted by Crippen LogP contribution is -2.09. The average Bonchev–Trinajstić information content (AvgIpc) is 2.28. The number of hydrogen-bond donors (Lipinski definition) is 3. The molecule has 0 aromatic heterocycles. The molecule has 0 aliphatic carbocycles. The zero-order valence-electron chi connectivity index (χ0n) is 10.1. The molecule has 1 aromatic carbocycles. The summed E-state index contributed by atoms with van der Waals surface area (Å²) in [6.45, 7) is 2.04. The summed E-state index contributed by atoms with van der Waals surface area (Å²) in [6, 6.07) is 3.33. The Morgan fingerprint density at radius 1 is 1.56 bits per heavy atom. The van der Waals surface area contributed by atoms with Crippen LogP contribution in [0.2, 0.25) is 5.02 Å². The van der Waals surface area contributed by atoms with E-state index in [2.05, 4.69) is 4.99 Å². The summed E-state index contributed by atoms with van der Waals surface area (Å²) in [4.78, 5) is 4.13. The Hall–Kier alpha value is -1.75. The molecule has 0 unspecified atom stereocenters. The van der Waals surface area contributed by atoms with Gasteiger partial charge in [0.25, 0.3) is 0 Å². The largest absolute Gasteiger partial charge is 0.398 e. The van der Waals surface area contributed by atoms with Crippen LogP contribution in [-0.4, -0.2) is 19.9 Å². The van der Waals surface area contributed by atoms with Crippen molar-refractivity contribution >= 4 is 37.2 Å². The minimum absolute atomic E-state index is 0.316. The quantitative estimate of drug-likeness (QED) is 0.334. The smallest absolute Gasteiger partial charge is 0.117 e. The first-order chi connectivity index (χ1) is 8.43. The number of amidine groups is 1. The number of anilines is 1. The summed E-state index contributed by atoms with van der Waals surface area (Å²) in [6.07, 6.45) is 2.73. The van der Waals surface area contributed by atoms with Gasteiger partial charge in [0, 0.05) is 22.5 Å². The van der Waals surface area contributed by atoms with Crippen molar-refractivity contribution in [3.8, 4) is 0 Å². The molecule has 92 valence electrons. The fourth-order valence-electron chi connectivity index (χ4n) is 1.35. The van der Waals surface area contributed by atoms with Gasteiger partial charge >= 0.3 is 0 Å². The van der Waals surface area contributed by atoms with Gasteiger partial charge in [-0.1, -0.05) is 18.5 Å². The summed E-state index contributed by atoms with van der Waals surface area (Å²) >= 11 is 6.06. The number of hydrogen-bond acceptors (Lipinski definition) is 3. The van der Waals surface area contributed by atoms with E-state index in [1.165, 1.54) is 0 Å². The summed E-state index contributed by atoms with van der Waals surface area (Å²) in [7, 11) is 5.48. The van der Waals surface area contributed by atoms with Crippen molar-refractivity contribution in [3.05, 3.63) is 39.8 Å². The number of nitrogen functional groups attached to an aromatic ring is 1. The third-order valence-corrected chi connectivity index (χ3v) is 2.57. The van der Waals surface area contributed by atoms with Crippen LogP contribution in [0.15, 0.2) is 28.7 Å². The van der Waals surface area contributed by atoms with Gasteiger partial charge < -0.3 is 16.9 Å². The van der Waals surface area contributed by atoms with E-state index in [1.807, 2.05) is 0 Å². The molecule has 4 nitrogen and oxygen atoms in total. The van der Waals surface area contributed by atoms with Gasteiger partial charge in [-0.05, 0) is 23.8 Å². The monoisotopic (exact) mass is 260 g/mol. The van der Waals surface area contributed by atoms with Crippen molar-refractivity contribution in [2.75, 3.05) is 5.73 Å². The lowest BCUT2D eigenvalue weighted by atomic mass is 9.98. The zero-order chi connectivity index (χ0) is 13.7. The van der Waals surface area contributed by atoms with Gasteiger partial charge in [-0.2, -0.15) is 0 Å². The maximum Gasteiger partial charge on any atom is 0.117 e. The van der Waals surface area contributed by atoms with Crippen LogP contribution in [0.3, 0.4) is 0 Å². The molecule has 0 fully saturated rings. The van der Waals surface area contributed by atoms with E-state index >= 15 is 0 Å². The summed E-state index contributed by atoms with van der Waals surface area (Å²) in [5, 5.41) is 7.67. The number of nitrogens with one attached hydrogen (secondary N) is 1. The van der Waals surface area contributed by atoms with Crippen molar-refractivity contribution in [2.45, 2.75) is 13.5 Å². The zero-order valence-corrected chi connectivity index (χ0v) is 10.8. The first-order valence-electron chi connectivity index (χ1n) is 5.26. The maximum atomic E-state index is 7.17.